The second kappa shape index (κ2) is 5.62. The van der Waals surface area contributed by atoms with Crippen LogP contribution in [-0.2, 0) is 0 Å². The molecule has 1 N–H and O–H groups in total. The molecule has 8 heteroatoms. The molecule has 0 radical (unpaired) electrons. The first-order valence-corrected chi connectivity index (χ1v) is 5.88. The fourth-order valence-corrected chi connectivity index (χ4v) is 1.69. The number of carbonyl (C=O) groups excluding carboxylic acids is 1. The van der Waals surface area contributed by atoms with Crippen molar-refractivity contribution in [3.63, 3.8) is 0 Å². The zero-order valence-corrected chi connectivity index (χ0v) is 11.1. The van der Waals surface area contributed by atoms with E-state index in [9.17, 15) is 14.9 Å². The van der Waals surface area contributed by atoms with Crippen LogP contribution in [0.15, 0.2) is 30.7 Å². The molecule has 2 heterocycles. The molecule has 0 atom stereocenters. The zero-order chi connectivity index (χ0) is 14.7. The summed E-state index contributed by atoms with van der Waals surface area (Å²) in [7, 11) is 0. The van der Waals surface area contributed by atoms with E-state index in [1.54, 1.807) is 19.2 Å². The lowest BCUT2D eigenvalue weighted by Gasteiger charge is -2.07. The minimum Gasteiger partial charge on any atom is -0.320 e. The molecule has 7 nitrogen and oxygen atoms in total. The van der Waals surface area contributed by atoms with Gasteiger partial charge in [0.25, 0.3) is 11.6 Å². The van der Waals surface area contributed by atoms with E-state index in [1.807, 2.05) is 0 Å². The minimum atomic E-state index is -0.686. The molecule has 0 fully saturated rings. The van der Waals surface area contributed by atoms with E-state index in [4.69, 9.17) is 11.6 Å². The Morgan fingerprint density at radius 3 is 2.85 bits per heavy atom. The number of anilines is 1. The molecule has 0 bridgehead atoms. The van der Waals surface area contributed by atoms with Gasteiger partial charge in [-0.3, -0.25) is 19.9 Å². The Labute approximate surface area is 118 Å². The van der Waals surface area contributed by atoms with Crippen molar-refractivity contribution >= 4 is 28.9 Å². The third-order valence-electron chi connectivity index (χ3n) is 2.58. The van der Waals surface area contributed by atoms with Gasteiger partial charge in [0, 0.05) is 6.20 Å². The molecule has 2 aromatic rings. The quantitative estimate of drug-likeness (QED) is 0.532. The number of nitrogens with zero attached hydrogens (tertiary/aromatic N) is 3. The molecule has 0 spiro atoms. The number of carbonyl (C=O) groups is 1. The van der Waals surface area contributed by atoms with Crippen molar-refractivity contribution in [3.8, 4) is 0 Å². The summed E-state index contributed by atoms with van der Waals surface area (Å²) in [5, 5.41) is 13.4. The molecule has 20 heavy (non-hydrogen) atoms. The van der Waals surface area contributed by atoms with Crippen LogP contribution in [0.5, 0.6) is 0 Å². The highest BCUT2D eigenvalue weighted by Crippen LogP contribution is 2.22. The van der Waals surface area contributed by atoms with Crippen molar-refractivity contribution in [2.24, 2.45) is 0 Å². The summed E-state index contributed by atoms with van der Waals surface area (Å²) in [5.41, 5.74) is 0.697. The smallest absolute Gasteiger partial charge is 0.300 e. The normalized spacial score (nSPS) is 10.1. The summed E-state index contributed by atoms with van der Waals surface area (Å²) in [6, 6.07) is 2.87. The lowest BCUT2D eigenvalue weighted by molar-refractivity contribution is -0.385. The monoisotopic (exact) mass is 292 g/mol. The predicted octanol–water partition coefficient (Wildman–Crippen LogP) is 2.60. The summed E-state index contributed by atoms with van der Waals surface area (Å²) in [6.07, 6.45) is 3.99. The highest BCUT2D eigenvalue weighted by atomic mass is 35.5. The van der Waals surface area contributed by atoms with Crippen LogP contribution < -0.4 is 5.32 Å². The Hall–Kier alpha value is -2.54. The van der Waals surface area contributed by atoms with Crippen molar-refractivity contribution in [1.82, 2.24) is 9.97 Å². The fourth-order valence-electron chi connectivity index (χ4n) is 1.53. The highest BCUT2D eigenvalue weighted by Gasteiger charge is 2.21. The number of nitrogens with one attached hydrogen (secondary N) is 1. The van der Waals surface area contributed by atoms with Gasteiger partial charge in [0.1, 0.15) is 16.9 Å². The second-order valence-corrected chi connectivity index (χ2v) is 4.31. The fraction of sp³-hybridized carbons (Fsp3) is 0.0833. The van der Waals surface area contributed by atoms with Gasteiger partial charge in [-0.1, -0.05) is 11.6 Å². The van der Waals surface area contributed by atoms with Gasteiger partial charge < -0.3 is 5.32 Å². The predicted molar refractivity (Wildman–Crippen MR) is 72.8 cm³/mol. The summed E-state index contributed by atoms with van der Waals surface area (Å²) >= 11 is 5.67. The van der Waals surface area contributed by atoms with Crippen LogP contribution in [-0.4, -0.2) is 20.8 Å². The van der Waals surface area contributed by atoms with Crippen molar-refractivity contribution < 1.29 is 9.72 Å². The Bertz CT molecular complexity index is 690. The van der Waals surface area contributed by atoms with E-state index in [0.29, 0.717) is 5.69 Å². The Morgan fingerprint density at radius 2 is 2.20 bits per heavy atom. The van der Waals surface area contributed by atoms with Crippen LogP contribution in [0.1, 0.15) is 15.9 Å². The topological polar surface area (TPSA) is 98.0 Å². The molecule has 1 amide bonds. The average molecular weight is 293 g/mol. The van der Waals surface area contributed by atoms with Gasteiger partial charge in [-0.25, -0.2) is 4.98 Å². The molecule has 102 valence electrons. The Kier molecular flexibility index (Phi) is 3.90. The lowest BCUT2D eigenvalue weighted by Crippen LogP contribution is -2.15. The standard InChI is InChI=1S/C12H9ClN4O3/c1-7-2-3-14-5-9(7)16-12(18)8-4-11(13)15-6-10(8)17(19)20/h2-6H,1H3,(H,16,18). The van der Waals surface area contributed by atoms with Crippen molar-refractivity contribution in [1.29, 1.82) is 0 Å². The highest BCUT2D eigenvalue weighted by molar-refractivity contribution is 6.30. The first-order valence-electron chi connectivity index (χ1n) is 5.51. The van der Waals surface area contributed by atoms with Crippen LogP contribution in [0.4, 0.5) is 11.4 Å². The first kappa shape index (κ1) is 13.9. The third kappa shape index (κ3) is 2.89. The van der Waals surface area contributed by atoms with Gasteiger partial charge >= 0.3 is 0 Å². The largest absolute Gasteiger partial charge is 0.320 e. The zero-order valence-electron chi connectivity index (χ0n) is 10.3. The van der Waals surface area contributed by atoms with Crippen molar-refractivity contribution in [3.05, 3.63) is 57.1 Å². The molecule has 0 aliphatic rings. The number of hydrogen-bond acceptors (Lipinski definition) is 5. The van der Waals surface area contributed by atoms with Crippen LogP contribution in [0.2, 0.25) is 5.15 Å². The molecule has 2 aromatic heterocycles. The van der Waals surface area contributed by atoms with Crippen LogP contribution >= 0.6 is 11.6 Å². The first-order chi connectivity index (χ1) is 9.49. The number of aryl methyl sites for hydroxylation is 1. The maximum absolute atomic E-state index is 12.1. The number of aromatic nitrogens is 2. The van der Waals surface area contributed by atoms with E-state index in [2.05, 4.69) is 15.3 Å². The number of nitro groups is 1. The Morgan fingerprint density at radius 1 is 1.45 bits per heavy atom. The molecule has 0 unspecified atom stereocenters. The minimum absolute atomic E-state index is 0.00339. The third-order valence-corrected chi connectivity index (χ3v) is 2.78. The molecule has 0 aliphatic heterocycles. The van der Waals surface area contributed by atoms with Gasteiger partial charge in [0.15, 0.2) is 0 Å². The van der Waals surface area contributed by atoms with E-state index in [0.717, 1.165) is 17.8 Å². The summed E-state index contributed by atoms with van der Waals surface area (Å²) in [5.74, 6) is -0.642. The average Bonchev–Trinajstić information content (AvgIpc) is 2.40. The number of hydrogen-bond donors (Lipinski definition) is 1. The van der Waals surface area contributed by atoms with Gasteiger partial charge in [0.2, 0.25) is 0 Å². The van der Waals surface area contributed by atoms with Crippen LogP contribution in [0.25, 0.3) is 0 Å². The second-order valence-electron chi connectivity index (χ2n) is 3.93. The molecular weight excluding hydrogens is 284 g/mol. The maximum Gasteiger partial charge on any atom is 0.300 e. The molecule has 2 rings (SSSR count). The van der Waals surface area contributed by atoms with Gasteiger partial charge in [-0.15, -0.1) is 0 Å². The number of pyridine rings is 2. The van der Waals surface area contributed by atoms with Gasteiger partial charge in [0.05, 0.1) is 16.8 Å². The van der Waals surface area contributed by atoms with Gasteiger partial charge in [-0.2, -0.15) is 0 Å². The van der Waals surface area contributed by atoms with Crippen molar-refractivity contribution in [2.45, 2.75) is 6.92 Å². The molecule has 0 saturated heterocycles. The van der Waals surface area contributed by atoms with E-state index in [-0.39, 0.29) is 10.7 Å². The summed E-state index contributed by atoms with van der Waals surface area (Å²) < 4.78 is 0. The number of rotatable bonds is 3. The Balaban J connectivity index is 2.37. The summed E-state index contributed by atoms with van der Waals surface area (Å²) in [4.78, 5) is 29.8. The maximum atomic E-state index is 12.1. The van der Waals surface area contributed by atoms with E-state index in [1.165, 1.54) is 6.20 Å². The lowest BCUT2D eigenvalue weighted by atomic mass is 10.2. The summed E-state index contributed by atoms with van der Waals surface area (Å²) in [6.45, 7) is 1.78. The molecule has 0 aliphatic carbocycles. The van der Waals surface area contributed by atoms with Crippen LogP contribution in [0, 0.1) is 17.0 Å². The molecular formula is C12H9ClN4O3. The van der Waals surface area contributed by atoms with Crippen LogP contribution in [0.3, 0.4) is 0 Å². The molecule has 0 saturated carbocycles. The SMILES string of the molecule is Cc1ccncc1NC(=O)c1cc(Cl)ncc1[N+](=O)[O-]. The molecule has 0 aromatic carbocycles. The van der Waals surface area contributed by atoms with Crippen molar-refractivity contribution in [2.75, 3.05) is 5.32 Å². The van der Waals surface area contributed by atoms with Gasteiger partial charge in [-0.05, 0) is 24.6 Å². The van der Waals surface area contributed by atoms with E-state index < -0.39 is 16.5 Å². The number of amides is 1. The number of halogens is 1. The van der Waals surface area contributed by atoms with E-state index >= 15 is 0 Å².